The predicted molar refractivity (Wildman–Crippen MR) is 94.6 cm³/mol. The van der Waals surface area contributed by atoms with Gasteiger partial charge < -0.3 is 9.47 Å². The van der Waals surface area contributed by atoms with Gasteiger partial charge in [-0.15, -0.1) is 0 Å². The maximum atomic E-state index is 13.9. The molecular formula is C20H24F5NO3. The second-order valence-corrected chi connectivity index (χ2v) is 7.78. The summed E-state index contributed by atoms with van der Waals surface area (Å²) in [4.78, 5) is 12.8. The highest BCUT2D eigenvalue weighted by Crippen LogP contribution is 2.49. The van der Waals surface area contributed by atoms with Crippen molar-refractivity contribution < 1.29 is 36.2 Å². The van der Waals surface area contributed by atoms with Crippen molar-refractivity contribution in [3.8, 4) is 5.75 Å². The fraction of sp³-hybridized carbons (Fsp3) is 0.650. The summed E-state index contributed by atoms with van der Waals surface area (Å²) in [7, 11) is 1.04. The molecule has 2 fully saturated rings. The van der Waals surface area contributed by atoms with Crippen LogP contribution in [0, 0.1) is 29.4 Å². The zero-order chi connectivity index (χ0) is 21.2. The van der Waals surface area contributed by atoms with Crippen molar-refractivity contribution >= 4 is 5.97 Å². The Labute approximate surface area is 166 Å². The maximum absolute atomic E-state index is 13.9. The lowest BCUT2D eigenvalue weighted by Gasteiger charge is -2.32. The molecular weight excluding hydrogens is 397 g/mol. The average molecular weight is 421 g/mol. The van der Waals surface area contributed by atoms with Crippen molar-refractivity contribution in [2.45, 2.75) is 31.9 Å². The first kappa shape index (κ1) is 21.8. The molecule has 1 aliphatic heterocycles. The lowest BCUT2D eigenvalue weighted by molar-refractivity contribution is -0.148. The summed E-state index contributed by atoms with van der Waals surface area (Å²) >= 11 is 0. The molecule has 2 atom stereocenters. The van der Waals surface area contributed by atoms with Gasteiger partial charge in [0.1, 0.15) is 22.9 Å². The molecule has 2 aliphatic rings. The van der Waals surface area contributed by atoms with Gasteiger partial charge in [0.05, 0.1) is 20.3 Å². The SMILES string of the molecule is COC(=O)c1c(F)cc(OCC[C@@H]2C[C@@H]2C2CCN(CC(F)(F)F)CC2)cc1F. The predicted octanol–water partition coefficient (Wildman–Crippen LogP) is 4.43. The molecule has 3 rings (SSSR count). The van der Waals surface area contributed by atoms with E-state index in [0.29, 0.717) is 30.8 Å². The van der Waals surface area contributed by atoms with E-state index in [0.717, 1.165) is 44.9 Å². The van der Waals surface area contributed by atoms with E-state index in [-0.39, 0.29) is 12.4 Å². The molecule has 0 N–H and O–H groups in total. The van der Waals surface area contributed by atoms with Crippen LogP contribution in [0.15, 0.2) is 12.1 Å². The fourth-order valence-corrected chi connectivity index (χ4v) is 4.23. The maximum Gasteiger partial charge on any atom is 0.401 e. The number of hydrogen-bond donors (Lipinski definition) is 0. The van der Waals surface area contributed by atoms with Crippen LogP contribution in [0.25, 0.3) is 0 Å². The molecule has 29 heavy (non-hydrogen) atoms. The second kappa shape index (κ2) is 8.85. The molecule has 1 saturated carbocycles. The van der Waals surface area contributed by atoms with Gasteiger partial charge >= 0.3 is 12.1 Å². The van der Waals surface area contributed by atoms with E-state index in [4.69, 9.17) is 4.74 Å². The zero-order valence-corrected chi connectivity index (χ0v) is 16.1. The number of methoxy groups -OCH3 is 1. The Bertz CT molecular complexity index is 708. The van der Waals surface area contributed by atoms with Crippen molar-refractivity contribution in [1.29, 1.82) is 0 Å². The third-order valence-electron chi connectivity index (χ3n) is 5.78. The Morgan fingerprint density at radius 3 is 2.34 bits per heavy atom. The summed E-state index contributed by atoms with van der Waals surface area (Å²) < 4.78 is 74.9. The van der Waals surface area contributed by atoms with Crippen LogP contribution in [0.1, 0.15) is 36.0 Å². The number of esters is 1. The number of likely N-dealkylation sites (tertiary alicyclic amines) is 1. The number of piperidine rings is 1. The number of alkyl halides is 3. The van der Waals surface area contributed by atoms with E-state index in [2.05, 4.69) is 4.74 Å². The summed E-state index contributed by atoms with van der Waals surface area (Å²) in [6.07, 6.45) is -0.889. The molecule has 1 aliphatic carbocycles. The topological polar surface area (TPSA) is 38.8 Å². The number of nitrogens with zero attached hydrogens (tertiary/aromatic N) is 1. The molecule has 9 heteroatoms. The van der Waals surface area contributed by atoms with Gasteiger partial charge in [0.15, 0.2) is 0 Å². The summed E-state index contributed by atoms with van der Waals surface area (Å²) in [5, 5.41) is 0. The van der Waals surface area contributed by atoms with Crippen molar-refractivity contribution in [2.24, 2.45) is 17.8 Å². The molecule has 0 spiro atoms. The second-order valence-electron chi connectivity index (χ2n) is 7.78. The Kier molecular flexibility index (Phi) is 6.65. The first-order valence-electron chi connectivity index (χ1n) is 9.67. The highest BCUT2D eigenvalue weighted by atomic mass is 19.4. The Balaban J connectivity index is 1.40. The molecule has 1 heterocycles. The van der Waals surface area contributed by atoms with Crippen LogP contribution in [-0.2, 0) is 4.74 Å². The van der Waals surface area contributed by atoms with E-state index < -0.39 is 35.9 Å². The Morgan fingerprint density at radius 2 is 1.79 bits per heavy atom. The summed E-state index contributed by atoms with van der Waals surface area (Å²) in [6, 6.07) is 1.91. The van der Waals surface area contributed by atoms with Crippen LogP contribution in [0.2, 0.25) is 0 Å². The minimum Gasteiger partial charge on any atom is -0.493 e. The number of rotatable bonds is 7. The lowest BCUT2D eigenvalue weighted by Crippen LogP contribution is -2.40. The monoisotopic (exact) mass is 421 g/mol. The number of hydrogen-bond acceptors (Lipinski definition) is 4. The fourth-order valence-electron chi connectivity index (χ4n) is 4.23. The normalized spacial score (nSPS) is 23.1. The van der Waals surface area contributed by atoms with Gasteiger partial charge in [-0.2, -0.15) is 13.2 Å². The molecule has 1 aromatic carbocycles. The van der Waals surface area contributed by atoms with Gasteiger partial charge in [-0.3, -0.25) is 4.90 Å². The van der Waals surface area contributed by atoms with Gasteiger partial charge in [0, 0.05) is 12.1 Å². The van der Waals surface area contributed by atoms with Crippen LogP contribution >= 0.6 is 0 Å². The van der Waals surface area contributed by atoms with Gasteiger partial charge in [-0.05, 0) is 56.5 Å². The molecule has 1 aromatic rings. The number of ether oxygens (including phenoxy) is 2. The lowest BCUT2D eigenvalue weighted by atomic mass is 9.90. The summed E-state index contributed by atoms with van der Waals surface area (Å²) in [5.74, 6) is -1.82. The van der Waals surface area contributed by atoms with Gasteiger partial charge in [-0.25, -0.2) is 13.6 Å². The highest BCUT2D eigenvalue weighted by molar-refractivity contribution is 5.90. The van der Waals surface area contributed by atoms with Crippen LogP contribution in [0.5, 0.6) is 5.75 Å². The molecule has 4 nitrogen and oxygen atoms in total. The molecule has 0 bridgehead atoms. The Hall–Kier alpha value is -1.90. The van der Waals surface area contributed by atoms with Gasteiger partial charge in [-0.1, -0.05) is 0 Å². The zero-order valence-electron chi connectivity index (χ0n) is 16.1. The van der Waals surface area contributed by atoms with E-state index in [1.165, 1.54) is 4.90 Å². The minimum absolute atomic E-state index is 0.00492. The summed E-state index contributed by atoms with van der Waals surface area (Å²) in [6.45, 7) is 0.373. The van der Waals surface area contributed by atoms with Crippen molar-refractivity contribution in [3.63, 3.8) is 0 Å². The van der Waals surface area contributed by atoms with Crippen LogP contribution < -0.4 is 4.74 Å². The number of carbonyl (C=O) groups excluding carboxylic acids is 1. The van der Waals surface area contributed by atoms with E-state index in [1.807, 2.05) is 0 Å². The highest BCUT2D eigenvalue weighted by Gasteiger charge is 2.44. The van der Waals surface area contributed by atoms with Crippen molar-refractivity contribution in [1.82, 2.24) is 4.90 Å². The standard InChI is InChI=1S/C20H24F5NO3/c1-28-19(27)18-16(21)9-14(10-17(18)22)29-7-4-13-8-15(13)12-2-5-26(6-3-12)11-20(23,24)25/h9-10,12-13,15H,2-8,11H2,1H3/t13-,15-/m1/s1. The number of carbonyl (C=O) groups is 1. The third-order valence-corrected chi connectivity index (χ3v) is 5.78. The van der Waals surface area contributed by atoms with Gasteiger partial charge in [0.25, 0.3) is 0 Å². The van der Waals surface area contributed by atoms with Crippen LogP contribution in [0.3, 0.4) is 0 Å². The summed E-state index contributed by atoms with van der Waals surface area (Å²) in [5.41, 5.74) is -0.751. The molecule has 0 radical (unpaired) electrons. The van der Waals surface area contributed by atoms with Crippen molar-refractivity contribution in [2.75, 3.05) is 33.4 Å². The number of benzene rings is 1. The largest absolute Gasteiger partial charge is 0.493 e. The van der Waals surface area contributed by atoms with Crippen molar-refractivity contribution in [3.05, 3.63) is 29.3 Å². The molecule has 0 aromatic heterocycles. The van der Waals surface area contributed by atoms with E-state index >= 15 is 0 Å². The van der Waals surface area contributed by atoms with Gasteiger partial charge in [0.2, 0.25) is 0 Å². The molecule has 162 valence electrons. The number of halogens is 5. The quantitative estimate of drug-likeness (QED) is 0.482. The van der Waals surface area contributed by atoms with Crippen LogP contribution in [-0.4, -0.2) is 50.4 Å². The minimum atomic E-state index is -4.15. The molecule has 0 unspecified atom stereocenters. The first-order chi connectivity index (χ1) is 13.7. The third kappa shape index (κ3) is 5.81. The van der Waals surface area contributed by atoms with E-state index in [9.17, 15) is 26.7 Å². The Morgan fingerprint density at radius 1 is 1.17 bits per heavy atom. The average Bonchev–Trinajstić information content (AvgIpc) is 3.40. The first-order valence-corrected chi connectivity index (χ1v) is 9.67. The molecule has 0 amide bonds. The van der Waals surface area contributed by atoms with E-state index in [1.54, 1.807) is 0 Å². The smallest absolute Gasteiger partial charge is 0.401 e. The van der Waals surface area contributed by atoms with Crippen LogP contribution in [0.4, 0.5) is 22.0 Å². The molecule has 1 saturated heterocycles.